The van der Waals surface area contributed by atoms with Gasteiger partial charge < -0.3 is 9.51 Å². The lowest BCUT2D eigenvalue weighted by molar-refractivity contribution is 0.385. The fourth-order valence-electron chi connectivity index (χ4n) is 3.16. The molecule has 0 aliphatic rings. The number of nitrogens with zero attached hydrogens (tertiary/aromatic N) is 3. The van der Waals surface area contributed by atoms with Gasteiger partial charge in [-0.1, -0.05) is 17.3 Å². The van der Waals surface area contributed by atoms with Crippen molar-refractivity contribution in [3.8, 4) is 11.4 Å². The summed E-state index contributed by atoms with van der Waals surface area (Å²) in [4.78, 5) is 31.1. The molecule has 0 aliphatic heterocycles. The van der Waals surface area contributed by atoms with Crippen molar-refractivity contribution < 1.29 is 8.91 Å². The summed E-state index contributed by atoms with van der Waals surface area (Å²) in [5.74, 6) is 0.365. The quantitative estimate of drug-likeness (QED) is 0.549. The third-order valence-electron chi connectivity index (χ3n) is 4.40. The van der Waals surface area contributed by atoms with Crippen LogP contribution in [0, 0.1) is 5.82 Å². The molecule has 0 radical (unpaired) electrons. The molecule has 8 heteroatoms. The maximum absolute atomic E-state index is 13.3. The van der Waals surface area contributed by atoms with E-state index in [0.717, 1.165) is 5.56 Å². The van der Waals surface area contributed by atoms with Crippen molar-refractivity contribution in [3.63, 3.8) is 0 Å². The lowest BCUT2D eigenvalue weighted by Gasteiger charge is -2.13. The van der Waals surface area contributed by atoms with E-state index in [1.807, 2.05) is 13.8 Å². The van der Waals surface area contributed by atoms with Crippen LogP contribution in [0.25, 0.3) is 22.4 Å². The summed E-state index contributed by atoms with van der Waals surface area (Å²) < 4.78 is 20.0. The monoisotopic (exact) mass is 380 g/mol. The lowest BCUT2D eigenvalue weighted by Crippen LogP contribution is -2.37. The number of hydrogen-bond acceptors (Lipinski definition) is 5. The second-order valence-electron chi connectivity index (χ2n) is 6.77. The van der Waals surface area contributed by atoms with Gasteiger partial charge in [-0.3, -0.25) is 14.2 Å². The molecular weight excluding hydrogens is 363 g/mol. The predicted molar refractivity (Wildman–Crippen MR) is 102 cm³/mol. The summed E-state index contributed by atoms with van der Waals surface area (Å²) in [6, 6.07) is 11.2. The number of benzene rings is 2. The zero-order valence-corrected chi connectivity index (χ0v) is 15.3. The minimum absolute atomic E-state index is 0.161. The fraction of sp³-hybridized carbons (Fsp3) is 0.200. The first-order valence-electron chi connectivity index (χ1n) is 8.78. The normalized spacial score (nSPS) is 11.4. The van der Waals surface area contributed by atoms with Crippen molar-refractivity contribution in [1.29, 1.82) is 0 Å². The highest BCUT2D eigenvalue weighted by Crippen LogP contribution is 2.22. The van der Waals surface area contributed by atoms with Crippen LogP contribution < -0.4 is 11.1 Å². The number of halogens is 1. The third kappa shape index (κ3) is 3.24. The van der Waals surface area contributed by atoms with Crippen molar-refractivity contribution >= 4 is 11.0 Å². The zero-order valence-electron chi connectivity index (χ0n) is 15.3. The van der Waals surface area contributed by atoms with Crippen LogP contribution in [0.5, 0.6) is 0 Å². The summed E-state index contributed by atoms with van der Waals surface area (Å²) in [6.07, 6.45) is 0.308. The highest BCUT2D eigenvalue weighted by Gasteiger charge is 2.14. The summed E-state index contributed by atoms with van der Waals surface area (Å²) >= 11 is 0. The smallest absolute Gasteiger partial charge is 0.316 e. The molecule has 0 aliphatic carbocycles. The summed E-state index contributed by atoms with van der Waals surface area (Å²) in [7, 11) is 0. The number of fused-ring (bicyclic) bond motifs is 1. The molecular formula is C20H17FN4O3. The van der Waals surface area contributed by atoms with Crippen molar-refractivity contribution in [2.24, 2.45) is 0 Å². The van der Waals surface area contributed by atoms with E-state index in [1.165, 1.54) is 16.7 Å². The van der Waals surface area contributed by atoms with Gasteiger partial charge in [-0.05, 0) is 49.7 Å². The number of aromatic nitrogens is 4. The molecule has 0 atom stereocenters. The average molecular weight is 380 g/mol. The number of H-pyrrole nitrogens is 1. The first-order chi connectivity index (χ1) is 13.4. The van der Waals surface area contributed by atoms with Crippen molar-refractivity contribution in [3.05, 3.63) is 80.4 Å². The van der Waals surface area contributed by atoms with Crippen molar-refractivity contribution in [2.45, 2.75) is 26.3 Å². The minimum Gasteiger partial charge on any atom is -0.339 e. The molecule has 0 saturated heterocycles. The molecule has 0 fully saturated rings. The van der Waals surface area contributed by atoms with Gasteiger partial charge in [-0.15, -0.1) is 0 Å². The Morgan fingerprint density at radius 2 is 2.00 bits per heavy atom. The van der Waals surface area contributed by atoms with Gasteiger partial charge in [0, 0.05) is 11.6 Å². The van der Waals surface area contributed by atoms with Gasteiger partial charge in [0.15, 0.2) is 0 Å². The van der Waals surface area contributed by atoms with E-state index < -0.39 is 11.1 Å². The average Bonchev–Trinajstić information content (AvgIpc) is 3.10. The molecule has 2 aromatic heterocycles. The Balaban J connectivity index is 1.72. The molecule has 0 spiro atoms. The molecule has 0 bridgehead atoms. The van der Waals surface area contributed by atoms with Crippen LogP contribution in [0.4, 0.5) is 4.39 Å². The van der Waals surface area contributed by atoms with E-state index in [2.05, 4.69) is 15.1 Å². The molecule has 7 nitrogen and oxygen atoms in total. The highest BCUT2D eigenvalue weighted by atomic mass is 19.1. The fourth-order valence-corrected chi connectivity index (χ4v) is 3.16. The first-order valence-corrected chi connectivity index (χ1v) is 8.78. The van der Waals surface area contributed by atoms with Gasteiger partial charge in [0.2, 0.25) is 11.7 Å². The Morgan fingerprint density at radius 1 is 1.18 bits per heavy atom. The number of rotatable bonds is 4. The van der Waals surface area contributed by atoms with Crippen LogP contribution in [0.3, 0.4) is 0 Å². The van der Waals surface area contributed by atoms with Crippen LogP contribution in [0.1, 0.15) is 31.3 Å². The van der Waals surface area contributed by atoms with Gasteiger partial charge in [0.1, 0.15) is 5.82 Å². The van der Waals surface area contributed by atoms with Crippen LogP contribution in [0.2, 0.25) is 0 Å². The Hall–Kier alpha value is -3.55. The van der Waals surface area contributed by atoms with Gasteiger partial charge in [-0.2, -0.15) is 4.98 Å². The molecule has 0 unspecified atom stereocenters. The molecule has 28 heavy (non-hydrogen) atoms. The van der Waals surface area contributed by atoms with Gasteiger partial charge >= 0.3 is 11.1 Å². The predicted octanol–water partition coefficient (Wildman–Crippen LogP) is 3.05. The largest absolute Gasteiger partial charge is 0.339 e. The Bertz CT molecular complexity index is 1290. The summed E-state index contributed by atoms with van der Waals surface area (Å²) in [5.41, 5.74) is 1.20. The van der Waals surface area contributed by atoms with Gasteiger partial charge in [0.05, 0.1) is 17.5 Å². The van der Waals surface area contributed by atoms with Crippen molar-refractivity contribution in [2.75, 3.05) is 0 Å². The molecule has 0 saturated carbocycles. The van der Waals surface area contributed by atoms with Crippen molar-refractivity contribution in [1.82, 2.24) is 19.7 Å². The van der Waals surface area contributed by atoms with E-state index in [4.69, 9.17) is 4.52 Å². The molecule has 1 N–H and O–H groups in total. The van der Waals surface area contributed by atoms with Crippen LogP contribution in [-0.4, -0.2) is 19.7 Å². The lowest BCUT2D eigenvalue weighted by atomic mass is 10.1. The molecule has 2 aromatic carbocycles. The van der Waals surface area contributed by atoms with Crippen LogP contribution in [-0.2, 0) is 6.42 Å². The zero-order chi connectivity index (χ0) is 19.8. The van der Waals surface area contributed by atoms with Gasteiger partial charge in [0.25, 0.3) is 0 Å². The van der Waals surface area contributed by atoms with E-state index in [9.17, 15) is 14.0 Å². The summed E-state index contributed by atoms with van der Waals surface area (Å²) in [6.45, 7) is 3.68. The van der Waals surface area contributed by atoms with Crippen LogP contribution >= 0.6 is 0 Å². The minimum atomic E-state index is -0.682. The van der Waals surface area contributed by atoms with E-state index in [1.54, 1.807) is 30.3 Å². The molecule has 2 heterocycles. The Kier molecular flexibility index (Phi) is 4.38. The molecule has 4 aromatic rings. The maximum atomic E-state index is 13.3. The van der Waals surface area contributed by atoms with E-state index in [-0.39, 0.29) is 11.9 Å². The standard InChI is InChI=1S/C20H17FN4O3/c1-11(2)25-16-7-6-13(10-15(16)22-19(26)20(25)27)18-23-17(28-24-18)9-12-4-3-5-14(21)8-12/h3-8,10-11H,9H2,1-2H3,(H,22,26). The summed E-state index contributed by atoms with van der Waals surface area (Å²) in [5, 5.41) is 3.97. The molecule has 4 rings (SSSR count). The maximum Gasteiger partial charge on any atom is 0.316 e. The third-order valence-corrected chi connectivity index (χ3v) is 4.40. The molecule has 142 valence electrons. The topological polar surface area (TPSA) is 93.8 Å². The SMILES string of the molecule is CC(C)n1c(=O)c(=O)[nH]c2cc(-c3noc(Cc4cccc(F)c4)n3)ccc21. The second kappa shape index (κ2) is 6.88. The van der Waals surface area contributed by atoms with Gasteiger partial charge in [-0.25, -0.2) is 4.39 Å². The number of aromatic amines is 1. The first kappa shape index (κ1) is 17.8. The Morgan fingerprint density at radius 3 is 2.75 bits per heavy atom. The molecule has 0 amide bonds. The highest BCUT2D eigenvalue weighted by molar-refractivity contribution is 5.80. The van der Waals surface area contributed by atoms with Crippen LogP contribution in [0.15, 0.2) is 56.6 Å². The van der Waals surface area contributed by atoms with E-state index >= 15 is 0 Å². The number of hydrogen-bond donors (Lipinski definition) is 1. The Labute approximate surface area is 158 Å². The number of nitrogens with one attached hydrogen (secondary N) is 1. The van der Waals surface area contributed by atoms with E-state index in [0.29, 0.717) is 34.7 Å². The second-order valence-corrected chi connectivity index (χ2v) is 6.77.